The molecule has 0 spiro atoms. The highest BCUT2D eigenvalue weighted by atomic mass is 16.3. The lowest BCUT2D eigenvalue weighted by Gasteiger charge is -2.27. The zero-order valence-corrected chi connectivity index (χ0v) is 11.3. The van der Waals surface area contributed by atoms with E-state index in [-0.39, 0.29) is 12.1 Å². The van der Waals surface area contributed by atoms with E-state index < -0.39 is 0 Å². The third-order valence-corrected chi connectivity index (χ3v) is 3.68. The van der Waals surface area contributed by atoms with Crippen LogP contribution in [0.25, 0.3) is 11.0 Å². The van der Waals surface area contributed by atoms with Gasteiger partial charge in [-0.1, -0.05) is 19.1 Å². The van der Waals surface area contributed by atoms with Gasteiger partial charge in [0.2, 0.25) is 0 Å². The fraction of sp³-hybridized carbons (Fsp3) is 0.500. The summed E-state index contributed by atoms with van der Waals surface area (Å²) in [7, 11) is 2.02. The Kier molecular flexibility index (Phi) is 3.68. The summed E-state index contributed by atoms with van der Waals surface area (Å²) < 4.78 is 2.09. The number of nitrogens with zero attached hydrogens (tertiary/aromatic N) is 2. The van der Waals surface area contributed by atoms with Gasteiger partial charge in [0.05, 0.1) is 24.2 Å². The Balaban J connectivity index is 2.20. The van der Waals surface area contributed by atoms with Crippen molar-refractivity contribution in [2.75, 3.05) is 6.61 Å². The molecular formula is C14H21N3O. The van der Waals surface area contributed by atoms with Crippen LogP contribution < -0.4 is 5.32 Å². The Labute approximate surface area is 108 Å². The van der Waals surface area contributed by atoms with Crippen molar-refractivity contribution in [2.45, 2.75) is 32.4 Å². The molecule has 2 rings (SSSR count). The van der Waals surface area contributed by atoms with Crippen LogP contribution in [0.4, 0.5) is 0 Å². The first kappa shape index (κ1) is 13.1. The van der Waals surface area contributed by atoms with Gasteiger partial charge in [-0.2, -0.15) is 0 Å². The number of aliphatic hydroxyl groups is 1. The van der Waals surface area contributed by atoms with E-state index in [1.165, 1.54) is 0 Å². The number of hydrogen-bond donors (Lipinski definition) is 2. The van der Waals surface area contributed by atoms with E-state index in [2.05, 4.69) is 27.9 Å². The molecule has 0 fully saturated rings. The van der Waals surface area contributed by atoms with Crippen molar-refractivity contribution in [1.29, 1.82) is 0 Å². The fourth-order valence-electron chi connectivity index (χ4n) is 1.94. The monoisotopic (exact) mass is 247 g/mol. The van der Waals surface area contributed by atoms with Crippen LogP contribution in [-0.2, 0) is 13.6 Å². The van der Waals surface area contributed by atoms with Gasteiger partial charge >= 0.3 is 0 Å². The molecule has 0 saturated carbocycles. The van der Waals surface area contributed by atoms with Crippen molar-refractivity contribution in [2.24, 2.45) is 7.05 Å². The molecule has 1 heterocycles. The zero-order valence-electron chi connectivity index (χ0n) is 11.3. The minimum atomic E-state index is -0.238. The Morgan fingerprint density at radius 2 is 2.11 bits per heavy atom. The Bertz CT molecular complexity index is 529. The summed E-state index contributed by atoms with van der Waals surface area (Å²) in [6.07, 6.45) is 0.882. The van der Waals surface area contributed by atoms with Crippen LogP contribution in [0.1, 0.15) is 26.1 Å². The van der Waals surface area contributed by atoms with E-state index in [1.54, 1.807) is 0 Å². The smallest absolute Gasteiger partial charge is 0.123 e. The van der Waals surface area contributed by atoms with Gasteiger partial charge in [0.25, 0.3) is 0 Å². The Hall–Kier alpha value is -1.39. The molecule has 4 nitrogen and oxygen atoms in total. The van der Waals surface area contributed by atoms with Gasteiger partial charge in [0.1, 0.15) is 5.82 Å². The highest BCUT2D eigenvalue weighted by molar-refractivity contribution is 5.75. The molecule has 1 aromatic heterocycles. The van der Waals surface area contributed by atoms with Gasteiger partial charge < -0.3 is 15.0 Å². The van der Waals surface area contributed by atoms with Crippen LogP contribution in [0.5, 0.6) is 0 Å². The quantitative estimate of drug-likeness (QED) is 0.847. The lowest BCUT2D eigenvalue weighted by molar-refractivity contribution is 0.168. The van der Waals surface area contributed by atoms with Gasteiger partial charge in [-0.05, 0) is 25.5 Å². The number of aromatic nitrogens is 2. The molecule has 1 atom stereocenters. The van der Waals surface area contributed by atoms with Crippen LogP contribution in [0.3, 0.4) is 0 Å². The van der Waals surface area contributed by atoms with Crippen molar-refractivity contribution in [1.82, 2.24) is 14.9 Å². The van der Waals surface area contributed by atoms with Crippen LogP contribution in [-0.4, -0.2) is 26.8 Å². The molecule has 2 N–H and O–H groups in total. The number of para-hydroxylation sites is 2. The first-order chi connectivity index (χ1) is 8.59. The SMILES string of the molecule is CCC(C)(CO)NCc1nc2ccccc2n1C. The summed E-state index contributed by atoms with van der Waals surface area (Å²) in [5.41, 5.74) is 1.91. The summed E-state index contributed by atoms with van der Waals surface area (Å²) in [4.78, 5) is 4.60. The lowest BCUT2D eigenvalue weighted by atomic mass is 10.0. The van der Waals surface area contributed by atoms with Gasteiger partial charge in [0, 0.05) is 12.6 Å². The molecule has 0 aliphatic rings. The molecule has 98 valence electrons. The predicted octanol–water partition coefficient (Wildman–Crippen LogP) is 1.82. The molecular weight excluding hydrogens is 226 g/mol. The largest absolute Gasteiger partial charge is 0.394 e. The number of fused-ring (bicyclic) bond motifs is 1. The number of benzene rings is 1. The first-order valence-corrected chi connectivity index (χ1v) is 6.36. The van der Waals surface area contributed by atoms with Crippen molar-refractivity contribution >= 4 is 11.0 Å². The molecule has 2 aromatic rings. The van der Waals surface area contributed by atoms with Crippen molar-refractivity contribution in [3.05, 3.63) is 30.1 Å². The lowest BCUT2D eigenvalue weighted by Crippen LogP contribution is -2.44. The molecule has 1 unspecified atom stereocenters. The maximum atomic E-state index is 9.38. The minimum Gasteiger partial charge on any atom is -0.394 e. The van der Waals surface area contributed by atoms with Gasteiger partial charge in [-0.15, -0.1) is 0 Å². The first-order valence-electron chi connectivity index (χ1n) is 6.36. The average molecular weight is 247 g/mol. The molecule has 1 aromatic carbocycles. The highest BCUT2D eigenvalue weighted by Gasteiger charge is 2.20. The summed E-state index contributed by atoms with van der Waals surface area (Å²) in [6.45, 7) is 4.89. The Morgan fingerprint density at radius 1 is 1.39 bits per heavy atom. The second-order valence-corrected chi connectivity index (χ2v) is 5.00. The van der Waals surface area contributed by atoms with Crippen LogP contribution in [0.2, 0.25) is 0 Å². The second kappa shape index (κ2) is 5.08. The third-order valence-electron chi connectivity index (χ3n) is 3.68. The molecule has 0 radical (unpaired) electrons. The number of nitrogens with one attached hydrogen (secondary N) is 1. The fourth-order valence-corrected chi connectivity index (χ4v) is 1.94. The van der Waals surface area contributed by atoms with E-state index in [0.717, 1.165) is 23.3 Å². The van der Waals surface area contributed by atoms with E-state index in [9.17, 15) is 5.11 Å². The maximum absolute atomic E-state index is 9.38. The average Bonchev–Trinajstić information content (AvgIpc) is 2.73. The Morgan fingerprint density at radius 3 is 2.72 bits per heavy atom. The number of hydrogen-bond acceptors (Lipinski definition) is 3. The standard InChI is InChI=1S/C14H21N3O/c1-4-14(2,10-18)15-9-13-16-11-7-5-6-8-12(11)17(13)3/h5-8,15,18H,4,9-10H2,1-3H3. The third kappa shape index (κ3) is 2.40. The molecule has 0 aliphatic heterocycles. The predicted molar refractivity (Wildman–Crippen MR) is 73.3 cm³/mol. The zero-order chi connectivity index (χ0) is 13.2. The molecule has 0 amide bonds. The second-order valence-electron chi connectivity index (χ2n) is 5.00. The maximum Gasteiger partial charge on any atom is 0.123 e. The van der Waals surface area contributed by atoms with E-state index in [4.69, 9.17) is 0 Å². The molecule has 4 heteroatoms. The van der Waals surface area contributed by atoms with Crippen LogP contribution in [0.15, 0.2) is 24.3 Å². The van der Waals surface area contributed by atoms with Crippen molar-refractivity contribution < 1.29 is 5.11 Å². The molecule has 0 bridgehead atoms. The van der Waals surface area contributed by atoms with Gasteiger partial charge in [-0.25, -0.2) is 4.98 Å². The number of imidazole rings is 1. The molecule has 18 heavy (non-hydrogen) atoms. The van der Waals surface area contributed by atoms with Crippen molar-refractivity contribution in [3.8, 4) is 0 Å². The van der Waals surface area contributed by atoms with Gasteiger partial charge in [0.15, 0.2) is 0 Å². The highest BCUT2D eigenvalue weighted by Crippen LogP contribution is 2.15. The van der Waals surface area contributed by atoms with Crippen LogP contribution >= 0.6 is 0 Å². The minimum absolute atomic E-state index is 0.132. The summed E-state index contributed by atoms with van der Waals surface area (Å²) in [6, 6.07) is 8.10. The summed E-state index contributed by atoms with van der Waals surface area (Å²) in [5.74, 6) is 0.990. The van der Waals surface area contributed by atoms with E-state index in [0.29, 0.717) is 6.54 Å². The normalized spacial score (nSPS) is 14.9. The van der Waals surface area contributed by atoms with E-state index in [1.807, 2.05) is 32.2 Å². The molecule has 0 aliphatic carbocycles. The number of aliphatic hydroxyl groups excluding tert-OH is 1. The number of aryl methyl sites for hydroxylation is 1. The molecule has 0 saturated heterocycles. The van der Waals surface area contributed by atoms with Gasteiger partial charge in [-0.3, -0.25) is 0 Å². The van der Waals surface area contributed by atoms with Crippen molar-refractivity contribution in [3.63, 3.8) is 0 Å². The van der Waals surface area contributed by atoms with E-state index >= 15 is 0 Å². The summed E-state index contributed by atoms with van der Waals surface area (Å²) in [5, 5.41) is 12.8. The van der Waals surface area contributed by atoms with Crippen LogP contribution in [0, 0.1) is 0 Å². The number of rotatable bonds is 5. The topological polar surface area (TPSA) is 50.1 Å². The summed E-state index contributed by atoms with van der Waals surface area (Å²) >= 11 is 0.